The number of halogens is 3. The molecule has 6 nitrogen and oxygen atoms in total. The molecule has 0 bridgehead atoms. The van der Waals surface area contributed by atoms with E-state index in [0.29, 0.717) is 13.1 Å². The van der Waals surface area contributed by atoms with Crippen molar-refractivity contribution >= 4 is 43.9 Å². The van der Waals surface area contributed by atoms with Gasteiger partial charge in [0.15, 0.2) is 0 Å². The molecule has 2 heterocycles. The first-order valence-corrected chi connectivity index (χ1v) is 8.05. The van der Waals surface area contributed by atoms with Crippen molar-refractivity contribution in [1.82, 2.24) is 9.88 Å². The molecule has 0 spiro atoms. The van der Waals surface area contributed by atoms with Gasteiger partial charge in [0.2, 0.25) is 0 Å². The molecule has 1 aliphatic rings. The molecular formula is C12H14F3N4O2Pb. The number of anilines is 2. The number of nitrogens with one attached hydrogen (secondary N) is 1. The molecule has 10 heteroatoms. The molecule has 0 atom stereocenters. The summed E-state index contributed by atoms with van der Waals surface area (Å²) in [6.07, 6.45) is -5.31. The zero-order chi connectivity index (χ0) is 16.3. The SMILES string of the molecule is CN1CCN(c2cc(C(F)(F)F)cc(NC(=O)[O][Pb])n2)CC1. The van der Waals surface area contributed by atoms with E-state index in [2.05, 4.69) is 17.9 Å². The van der Waals surface area contributed by atoms with Crippen LogP contribution in [0.3, 0.4) is 0 Å². The fraction of sp³-hybridized carbons (Fsp3) is 0.500. The topological polar surface area (TPSA) is 57.7 Å². The molecule has 0 aromatic carbocycles. The molecule has 1 amide bonds. The first-order valence-electron chi connectivity index (χ1n) is 6.47. The quantitative estimate of drug-likeness (QED) is 0.612. The second-order valence-corrected chi connectivity index (χ2v) is 5.70. The van der Waals surface area contributed by atoms with Crippen molar-refractivity contribution in [3.8, 4) is 0 Å². The summed E-state index contributed by atoms with van der Waals surface area (Å²) < 4.78 is 43.5. The van der Waals surface area contributed by atoms with Gasteiger partial charge in [0.25, 0.3) is 0 Å². The van der Waals surface area contributed by atoms with Gasteiger partial charge in [-0.25, -0.2) is 0 Å². The van der Waals surface area contributed by atoms with E-state index in [1.165, 1.54) is 0 Å². The number of aromatic nitrogens is 1. The molecule has 1 aromatic heterocycles. The van der Waals surface area contributed by atoms with Gasteiger partial charge in [0.1, 0.15) is 0 Å². The van der Waals surface area contributed by atoms with Crippen LogP contribution in [-0.4, -0.2) is 75.4 Å². The van der Waals surface area contributed by atoms with Crippen LogP contribution in [0.4, 0.5) is 29.6 Å². The zero-order valence-electron chi connectivity index (χ0n) is 11.8. The molecular weight excluding hydrogens is 496 g/mol. The molecule has 1 saturated heterocycles. The molecule has 1 N–H and O–H groups in total. The number of rotatable bonds is 2. The standard InChI is InChI=1S/C12H15F3N4O2.Pb/c1-18-2-4-19(5-3-18)10-7-8(12(13,14)15)6-9(16-10)17-11(20)21;/h6-7H,2-5H2,1H3,(H,16,17)(H,20,21);/q;+1/p-1. The second-order valence-electron chi connectivity index (χ2n) is 4.90. The van der Waals surface area contributed by atoms with E-state index < -0.39 is 17.8 Å². The molecule has 1 aliphatic heterocycles. The van der Waals surface area contributed by atoms with Gasteiger partial charge < -0.3 is 0 Å². The van der Waals surface area contributed by atoms with Crippen LogP contribution in [0.1, 0.15) is 5.56 Å². The van der Waals surface area contributed by atoms with Crippen LogP contribution in [-0.2, 0) is 8.86 Å². The third-order valence-electron chi connectivity index (χ3n) is 3.29. The van der Waals surface area contributed by atoms with Crippen LogP contribution in [0.25, 0.3) is 0 Å². The summed E-state index contributed by atoms with van der Waals surface area (Å²) in [7, 11) is 1.95. The molecule has 2 rings (SSSR count). The summed E-state index contributed by atoms with van der Waals surface area (Å²) in [5.41, 5.74) is -0.847. The summed E-state index contributed by atoms with van der Waals surface area (Å²) in [6.45, 7) is 2.64. The van der Waals surface area contributed by atoms with Gasteiger partial charge in [-0.15, -0.1) is 0 Å². The van der Waals surface area contributed by atoms with E-state index in [4.69, 9.17) is 0 Å². The summed E-state index contributed by atoms with van der Waals surface area (Å²) in [5, 5.41) is 2.22. The Morgan fingerprint density at radius 3 is 2.50 bits per heavy atom. The predicted octanol–water partition coefficient (Wildman–Crippen LogP) is 1.48. The fourth-order valence-corrected chi connectivity index (χ4v) is 2.27. The summed E-state index contributed by atoms with van der Waals surface area (Å²) in [4.78, 5) is 19.2. The number of nitrogens with zero attached hydrogens (tertiary/aromatic N) is 3. The summed E-state index contributed by atoms with van der Waals surface area (Å²) in [5.74, 6) is 0.0381. The summed E-state index contributed by atoms with van der Waals surface area (Å²) >= 11 is 0.148. The minimum absolute atomic E-state index is 0.148. The van der Waals surface area contributed by atoms with Crippen molar-refractivity contribution in [2.45, 2.75) is 6.18 Å². The monoisotopic (exact) mass is 511 g/mol. The van der Waals surface area contributed by atoms with Crippen LogP contribution in [0, 0.1) is 0 Å². The van der Waals surface area contributed by atoms with Crippen molar-refractivity contribution in [1.29, 1.82) is 0 Å². The van der Waals surface area contributed by atoms with Crippen molar-refractivity contribution in [2.24, 2.45) is 0 Å². The Hall–Kier alpha value is -1.11. The number of piperazine rings is 1. The molecule has 119 valence electrons. The number of alkyl halides is 3. The normalized spacial score (nSPS) is 16.5. The van der Waals surface area contributed by atoms with Crippen LogP contribution in [0.5, 0.6) is 0 Å². The number of amides is 1. The van der Waals surface area contributed by atoms with Gasteiger partial charge in [0.05, 0.1) is 0 Å². The van der Waals surface area contributed by atoms with E-state index in [9.17, 15) is 18.0 Å². The third kappa shape index (κ3) is 4.44. The van der Waals surface area contributed by atoms with E-state index in [1.807, 2.05) is 7.05 Å². The number of hydrogen-bond donors (Lipinski definition) is 1. The van der Waals surface area contributed by atoms with Crippen LogP contribution in [0.15, 0.2) is 12.1 Å². The number of likely N-dealkylation sites (N-methyl/N-ethyl adjacent to an activating group) is 1. The minimum atomic E-state index is -4.51. The number of pyridine rings is 1. The van der Waals surface area contributed by atoms with Gasteiger partial charge in [-0.2, -0.15) is 0 Å². The van der Waals surface area contributed by atoms with Gasteiger partial charge >= 0.3 is 142 Å². The van der Waals surface area contributed by atoms with Gasteiger partial charge in [-0.3, -0.25) is 0 Å². The first kappa shape index (κ1) is 17.2. The Labute approximate surface area is 142 Å². The van der Waals surface area contributed by atoms with Crippen molar-refractivity contribution in [3.63, 3.8) is 0 Å². The molecule has 1 aromatic rings. The Morgan fingerprint density at radius 2 is 1.95 bits per heavy atom. The summed E-state index contributed by atoms with van der Waals surface area (Å²) in [6, 6.07) is 1.81. The molecule has 0 aliphatic carbocycles. The van der Waals surface area contributed by atoms with E-state index in [1.54, 1.807) is 4.90 Å². The maximum atomic E-state index is 13.0. The van der Waals surface area contributed by atoms with Crippen molar-refractivity contribution in [2.75, 3.05) is 43.4 Å². The Kier molecular flexibility index (Phi) is 5.47. The average Bonchev–Trinajstić information content (AvgIpc) is 2.46. The van der Waals surface area contributed by atoms with Gasteiger partial charge in [0, 0.05) is 0 Å². The number of carbonyl (C=O) groups excluding carboxylic acids is 1. The van der Waals surface area contributed by atoms with Gasteiger partial charge in [-0.1, -0.05) is 0 Å². The fourth-order valence-electron chi connectivity index (χ4n) is 2.07. The van der Waals surface area contributed by atoms with Crippen LogP contribution in [0.2, 0.25) is 0 Å². The van der Waals surface area contributed by atoms with E-state index in [0.717, 1.165) is 25.2 Å². The van der Waals surface area contributed by atoms with E-state index in [-0.39, 0.29) is 37.9 Å². The van der Waals surface area contributed by atoms with Crippen LogP contribution < -0.4 is 10.2 Å². The predicted molar refractivity (Wildman–Crippen MR) is 74.8 cm³/mol. The average molecular weight is 510 g/mol. The molecule has 1 fully saturated rings. The molecule has 0 unspecified atom stereocenters. The Balaban J connectivity index is 2.31. The van der Waals surface area contributed by atoms with Gasteiger partial charge in [-0.05, 0) is 0 Å². The van der Waals surface area contributed by atoms with Crippen LogP contribution >= 0.6 is 0 Å². The second kappa shape index (κ2) is 6.98. The molecule has 22 heavy (non-hydrogen) atoms. The molecule has 3 radical (unpaired) electrons. The Morgan fingerprint density at radius 1 is 1.32 bits per heavy atom. The number of carbonyl (C=O) groups is 1. The first-order chi connectivity index (χ1) is 10.3. The number of hydrogen-bond acceptors (Lipinski definition) is 5. The Bertz CT molecular complexity index is 548. The maximum absolute atomic E-state index is 13.0. The molecule has 0 saturated carbocycles. The van der Waals surface area contributed by atoms with Crippen molar-refractivity contribution < 1.29 is 20.7 Å². The third-order valence-corrected chi connectivity index (χ3v) is 4.01. The van der Waals surface area contributed by atoms with Crippen molar-refractivity contribution in [3.05, 3.63) is 17.7 Å². The zero-order valence-corrected chi connectivity index (χ0v) is 15.7. The van der Waals surface area contributed by atoms with E-state index >= 15 is 0 Å².